The highest BCUT2D eigenvalue weighted by Gasteiger charge is 2.17. The number of anilines is 1. The number of aryl methyl sites for hydroxylation is 1. The first-order valence-electron chi connectivity index (χ1n) is 10.7. The molecule has 0 bridgehead atoms. The molecule has 0 radical (unpaired) electrons. The molecule has 1 amide bonds. The highest BCUT2D eigenvalue weighted by molar-refractivity contribution is 5.92. The maximum absolute atomic E-state index is 13.3. The molecule has 4 rings (SSSR count). The van der Waals surface area contributed by atoms with Crippen LogP contribution in [0.15, 0.2) is 82.5 Å². The van der Waals surface area contributed by atoms with Gasteiger partial charge in [-0.3, -0.25) is 18.7 Å². The van der Waals surface area contributed by atoms with Gasteiger partial charge in [-0.15, -0.1) is 0 Å². The van der Waals surface area contributed by atoms with Crippen LogP contribution in [0.1, 0.15) is 12.5 Å². The molecule has 8 nitrogen and oxygen atoms in total. The van der Waals surface area contributed by atoms with Crippen molar-refractivity contribution in [2.75, 3.05) is 11.9 Å². The number of ether oxygens (including phenoxy) is 1. The lowest BCUT2D eigenvalue weighted by atomic mass is 10.1. The van der Waals surface area contributed by atoms with E-state index in [9.17, 15) is 14.4 Å². The van der Waals surface area contributed by atoms with E-state index < -0.39 is 17.2 Å². The molecule has 168 valence electrons. The SMILES string of the molecule is CCOc1ccccc1NC(=O)Cn1c(=O)n(CCc2ccccc2)c(=O)c2ncccc21. The Bertz CT molecular complexity index is 1390. The number of amides is 1. The van der Waals surface area contributed by atoms with Gasteiger partial charge in [0.1, 0.15) is 12.3 Å². The molecule has 2 aromatic heterocycles. The Labute approximate surface area is 190 Å². The lowest BCUT2D eigenvalue weighted by Crippen LogP contribution is -2.42. The molecule has 0 aliphatic rings. The normalized spacial score (nSPS) is 10.8. The molecule has 0 saturated carbocycles. The number of fused-ring (bicyclic) bond motifs is 1. The standard InChI is InChI=1S/C25H24N4O4/c1-2-33-21-13-7-6-11-19(21)27-22(30)17-29-20-12-8-15-26-23(20)24(31)28(25(29)32)16-14-18-9-4-3-5-10-18/h3-13,15H,2,14,16-17H2,1H3,(H,27,30). The fraction of sp³-hybridized carbons (Fsp3) is 0.200. The molecule has 0 spiro atoms. The summed E-state index contributed by atoms with van der Waals surface area (Å²) in [7, 11) is 0. The second-order valence-corrected chi connectivity index (χ2v) is 7.41. The summed E-state index contributed by atoms with van der Waals surface area (Å²) in [6.07, 6.45) is 2.00. The molecular formula is C25H24N4O4. The largest absolute Gasteiger partial charge is 0.492 e. The van der Waals surface area contributed by atoms with Crippen molar-refractivity contribution in [3.05, 3.63) is 99.3 Å². The number of hydrogen-bond donors (Lipinski definition) is 1. The highest BCUT2D eigenvalue weighted by Crippen LogP contribution is 2.23. The minimum atomic E-state index is -0.551. The first-order valence-corrected chi connectivity index (χ1v) is 10.7. The van der Waals surface area contributed by atoms with Crippen LogP contribution in [-0.2, 0) is 24.3 Å². The molecule has 0 atom stereocenters. The summed E-state index contributed by atoms with van der Waals surface area (Å²) < 4.78 is 7.98. The second-order valence-electron chi connectivity index (χ2n) is 7.41. The first-order chi connectivity index (χ1) is 16.1. The number of aromatic nitrogens is 3. The van der Waals surface area contributed by atoms with E-state index in [2.05, 4.69) is 10.3 Å². The van der Waals surface area contributed by atoms with Crippen molar-refractivity contribution in [3.8, 4) is 5.75 Å². The molecule has 0 aliphatic heterocycles. The van der Waals surface area contributed by atoms with E-state index >= 15 is 0 Å². The van der Waals surface area contributed by atoms with Crippen LogP contribution in [0.25, 0.3) is 11.0 Å². The number of benzene rings is 2. The third kappa shape index (κ3) is 4.85. The van der Waals surface area contributed by atoms with E-state index in [1.807, 2.05) is 43.3 Å². The zero-order chi connectivity index (χ0) is 23.2. The quantitative estimate of drug-likeness (QED) is 0.451. The molecule has 2 heterocycles. The molecule has 33 heavy (non-hydrogen) atoms. The summed E-state index contributed by atoms with van der Waals surface area (Å²) in [6.45, 7) is 2.22. The van der Waals surface area contributed by atoms with E-state index in [0.717, 1.165) is 10.1 Å². The van der Waals surface area contributed by atoms with Crippen LogP contribution in [0, 0.1) is 0 Å². The molecule has 0 fully saturated rings. The fourth-order valence-electron chi connectivity index (χ4n) is 3.66. The van der Waals surface area contributed by atoms with Gasteiger partial charge >= 0.3 is 5.69 Å². The van der Waals surface area contributed by atoms with Crippen molar-refractivity contribution in [1.29, 1.82) is 0 Å². The third-order valence-corrected chi connectivity index (χ3v) is 5.22. The van der Waals surface area contributed by atoms with Gasteiger partial charge in [-0.25, -0.2) is 9.78 Å². The number of nitrogens with zero attached hydrogens (tertiary/aromatic N) is 3. The van der Waals surface area contributed by atoms with Crippen LogP contribution in [-0.4, -0.2) is 26.6 Å². The molecule has 0 unspecified atom stereocenters. The number of hydrogen-bond acceptors (Lipinski definition) is 5. The van der Waals surface area contributed by atoms with Gasteiger partial charge in [0.15, 0.2) is 5.52 Å². The Balaban J connectivity index is 1.67. The predicted octanol–water partition coefficient (Wildman–Crippen LogP) is 2.84. The average Bonchev–Trinajstić information content (AvgIpc) is 2.84. The molecule has 1 N–H and O–H groups in total. The molecule has 8 heteroatoms. The minimum Gasteiger partial charge on any atom is -0.492 e. The van der Waals surface area contributed by atoms with Gasteiger partial charge in [0.05, 0.1) is 17.8 Å². The molecule has 2 aromatic carbocycles. The van der Waals surface area contributed by atoms with E-state index in [1.54, 1.807) is 30.3 Å². The number of pyridine rings is 1. The molecule has 0 saturated heterocycles. The molecule has 0 aliphatic carbocycles. The molecule has 4 aromatic rings. The minimum absolute atomic E-state index is 0.146. The van der Waals surface area contributed by atoms with Crippen LogP contribution in [0.4, 0.5) is 5.69 Å². The van der Waals surface area contributed by atoms with Crippen LogP contribution in [0.5, 0.6) is 5.75 Å². The van der Waals surface area contributed by atoms with Crippen molar-refractivity contribution in [3.63, 3.8) is 0 Å². The Hall–Kier alpha value is -4.20. The fourth-order valence-corrected chi connectivity index (χ4v) is 3.66. The van der Waals surface area contributed by atoms with Crippen molar-refractivity contribution in [2.24, 2.45) is 0 Å². The number of rotatable bonds is 8. The van der Waals surface area contributed by atoms with Gasteiger partial charge in [0.25, 0.3) is 5.56 Å². The monoisotopic (exact) mass is 444 g/mol. The summed E-state index contributed by atoms with van der Waals surface area (Å²) in [5, 5.41) is 2.80. The van der Waals surface area contributed by atoms with Gasteiger partial charge in [0, 0.05) is 12.7 Å². The van der Waals surface area contributed by atoms with Gasteiger partial charge < -0.3 is 10.1 Å². The zero-order valence-electron chi connectivity index (χ0n) is 18.2. The van der Waals surface area contributed by atoms with Gasteiger partial charge in [-0.1, -0.05) is 42.5 Å². The number of nitrogens with one attached hydrogen (secondary N) is 1. The summed E-state index contributed by atoms with van der Waals surface area (Å²) >= 11 is 0. The van der Waals surface area contributed by atoms with Crippen LogP contribution in [0.2, 0.25) is 0 Å². The van der Waals surface area contributed by atoms with Crippen molar-refractivity contribution in [1.82, 2.24) is 14.1 Å². The Morgan fingerprint density at radius 2 is 1.73 bits per heavy atom. The zero-order valence-corrected chi connectivity index (χ0v) is 18.2. The van der Waals surface area contributed by atoms with Crippen LogP contribution >= 0.6 is 0 Å². The van der Waals surface area contributed by atoms with Gasteiger partial charge in [-0.2, -0.15) is 0 Å². The smallest absolute Gasteiger partial charge is 0.332 e. The first kappa shape index (κ1) is 22.0. The average molecular weight is 444 g/mol. The Morgan fingerprint density at radius 3 is 2.52 bits per heavy atom. The van der Waals surface area contributed by atoms with Crippen LogP contribution < -0.4 is 21.3 Å². The van der Waals surface area contributed by atoms with Gasteiger partial charge in [0.2, 0.25) is 5.91 Å². The third-order valence-electron chi connectivity index (χ3n) is 5.22. The lowest BCUT2D eigenvalue weighted by Gasteiger charge is -2.15. The number of para-hydroxylation sites is 2. The van der Waals surface area contributed by atoms with Crippen molar-refractivity contribution < 1.29 is 9.53 Å². The maximum atomic E-state index is 13.3. The van der Waals surface area contributed by atoms with Gasteiger partial charge in [-0.05, 0) is 43.2 Å². The summed E-state index contributed by atoms with van der Waals surface area (Å²) in [5.41, 5.74) is 0.956. The molecular weight excluding hydrogens is 420 g/mol. The van der Waals surface area contributed by atoms with Crippen molar-refractivity contribution in [2.45, 2.75) is 26.4 Å². The van der Waals surface area contributed by atoms with Crippen LogP contribution in [0.3, 0.4) is 0 Å². The topological polar surface area (TPSA) is 95.2 Å². The Morgan fingerprint density at radius 1 is 0.970 bits per heavy atom. The Kier molecular flexibility index (Phi) is 6.64. The lowest BCUT2D eigenvalue weighted by molar-refractivity contribution is -0.116. The van der Waals surface area contributed by atoms with E-state index in [-0.39, 0.29) is 18.6 Å². The summed E-state index contributed by atoms with van der Waals surface area (Å²) in [6, 6.07) is 19.9. The summed E-state index contributed by atoms with van der Waals surface area (Å²) in [5.74, 6) is 0.128. The van der Waals surface area contributed by atoms with E-state index in [0.29, 0.717) is 30.0 Å². The number of carbonyl (C=O) groups is 1. The number of carbonyl (C=O) groups excluding carboxylic acids is 1. The highest BCUT2D eigenvalue weighted by atomic mass is 16.5. The van der Waals surface area contributed by atoms with E-state index in [1.165, 1.54) is 10.8 Å². The maximum Gasteiger partial charge on any atom is 0.332 e. The van der Waals surface area contributed by atoms with E-state index in [4.69, 9.17) is 4.74 Å². The second kappa shape index (κ2) is 9.95. The predicted molar refractivity (Wildman–Crippen MR) is 127 cm³/mol. The summed E-state index contributed by atoms with van der Waals surface area (Å²) in [4.78, 5) is 43.3. The van der Waals surface area contributed by atoms with Crippen molar-refractivity contribution >= 4 is 22.6 Å².